The van der Waals surface area contributed by atoms with Crippen LogP contribution in [-0.4, -0.2) is 71.2 Å². The van der Waals surface area contributed by atoms with Crippen molar-refractivity contribution in [2.75, 3.05) is 38.1 Å². The normalized spacial score (nSPS) is 15.2. The van der Waals surface area contributed by atoms with E-state index < -0.39 is 29.5 Å². The van der Waals surface area contributed by atoms with Gasteiger partial charge in [0.1, 0.15) is 11.7 Å². The molecule has 3 rings (SSSR count). The summed E-state index contributed by atoms with van der Waals surface area (Å²) in [5.74, 6) is 0.141. The van der Waals surface area contributed by atoms with E-state index >= 15 is 0 Å². The summed E-state index contributed by atoms with van der Waals surface area (Å²) in [6, 6.07) is 0.761. The fourth-order valence-electron chi connectivity index (χ4n) is 3.31. The number of ether oxygens (including phenoxy) is 1. The number of hydrogen-bond acceptors (Lipinski definition) is 7. The molecule has 3 heterocycles. The Hall–Kier alpha value is -3.64. The smallest absolute Gasteiger partial charge is 0.421 e. The standard InChI is InChI=1S/C20H23F3N6O4/c1-12(7-13-8-15(20(21,22)23)17(31)25-9-13)33-19(32)29-5-3-28(4-6-29)18-26-10-14(11-27-18)16(30)24-2/h8-12H,3-7H2,1-2H3,(H,24,30)(H,25,31). The summed E-state index contributed by atoms with van der Waals surface area (Å²) in [6.45, 7) is 3.12. The fourth-order valence-corrected chi connectivity index (χ4v) is 3.31. The Morgan fingerprint density at radius 1 is 1.21 bits per heavy atom. The van der Waals surface area contributed by atoms with Gasteiger partial charge in [-0.2, -0.15) is 13.2 Å². The topological polar surface area (TPSA) is 121 Å². The maximum absolute atomic E-state index is 12.9. The molecule has 13 heteroatoms. The third kappa shape index (κ3) is 5.99. The van der Waals surface area contributed by atoms with Crippen LogP contribution in [0.4, 0.5) is 23.9 Å². The monoisotopic (exact) mass is 468 g/mol. The van der Waals surface area contributed by atoms with Gasteiger partial charge in [0.25, 0.3) is 11.5 Å². The van der Waals surface area contributed by atoms with Gasteiger partial charge in [0.05, 0.1) is 5.56 Å². The van der Waals surface area contributed by atoms with Crippen molar-refractivity contribution >= 4 is 17.9 Å². The van der Waals surface area contributed by atoms with Crippen LogP contribution >= 0.6 is 0 Å². The van der Waals surface area contributed by atoms with Crippen molar-refractivity contribution < 1.29 is 27.5 Å². The van der Waals surface area contributed by atoms with Crippen molar-refractivity contribution in [3.05, 3.63) is 51.7 Å². The molecule has 2 aromatic rings. The summed E-state index contributed by atoms with van der Waals surface area (Å²) >= 11 is 0. The minimum Gasteiger partial charge on any atom is -0.446 e. The largest absolute Gasteiger partial charge is 0.446 e. The molecule has 0 bridgehead atoms. The summed E-state index contributed by atoms with van der Waals surface area (Å²) in [6.07, 6.45) is -2.03. The second-order valence-corrected chi connectivity index (χ2v) is 7.47. The highest BCUT2D eigenvalue weighted by molar-refractivity contribution is 5.93. The molecule has 2 aromatic heterocycles. The number of pyridine rings is 1. The first kappa shape index (κ1) is 24.0. The van der Waals surface area contributed by atoms with Crippen LogP contribution in [0.3, 0.4) is 0 Å². The maximum Gasteiger partial charge on any atom is 0.421 e. The molecule has 33 heavy (non-hydrogen) atoms. The van der Waals surface area contributed by atoms with E-state index in [1.54, 1.807) is 6.92 Å². The second kappa shape index (κ2) is 9.88. The summed E-state index contributed by atoms with van der Waals surface area (Å²) in [5, 5.41) is 2.48. The number of H-pyrrole nitrogens is 1. The number of hydrogen-bond donors (Lipinski definition) is 2. The molecule has 0 radical (unpaired) electrons. The predicted molar refractivity (Wildman–Crippen MR) is 111 cm³/mol. The number of alkyl halides is 3. The van der Waals surface area contributed by atoms with Crippen molar-refractivity contribution in [2.24, 2.45) is 0 Å². The lowest BCUT2D eigenvalue weighted by atomic mass is 10.1. The van der Waals surface area contributed by atoms with Crippen LogP contribution in [0.1, 0.15) is 28.4 Å². The Labute approximate surface area is 186 Å². The van der Waals surface area contributed by atoms with Crippen molar-refractivity contribution in [2.45, 2.75) is 25.6 Å². The molecule has 0 aliphatic carbocycles. The number of aromatic amines is 1. The van der Waals surface area contributed by atoms with Gasteiger partial charge in [-0.1, -0.05) is 0 Å². The number of carbonyl (C=O) groups excluding carboxylic acids is 2. The molecule has 0 aromatic carbocycles. The lowest BCUT2D eigenvalue weighted by molar-refractivity contribution is -0.138. The van der Waals surface area contributed by atoms with E-state index in [0.29, 0.717) is 37.7 Å². The van der Waals surface area contributed by atoms with Gasteiger partial charge in [-0.05, 0) is 18.6 Å². The van der Waals surface area contributed by atoms with Gasteiger partial charge in [0.2, 0.25) is 5.95 Å². The van der Waals surface area contributed by atoms with Gasteiger partial charge in [-0.15, -0.1) is 0 Å². The zero-order valence-corrected chi connectivity index (χ0v) is 18.0. The number of nitrogens with one attached hydrogen (secondary N) is 2. The average molecular weight is 468 g/mol. The van der Waals surface area contributed by atoms with E-state index in [9.17, 15) is 27.6 Å². The van der Waals surface area contributed by atoms with Gasteiger partial charge in [-0.25, -0.2) is 14.8 Å². The van der Waals surface area contributed by atoms with Crippen molar-refractivity contribution in [3.63, 3.8) is 0 Å². The molecule has 2 N–H and O–H groups in total. The SMILES string of the molecule is CNC(=O)c1cnc(N2CCN(C(=O)OC(C)Cc3c[nH]c(=O)c(C(F)(F)F)c3)CC2)nc1. The van der Waals surface area contributed by atoms with E-state index in [4.69, 9.17) is 4.74 Å². The number of nitrogens with zero attached hydrogens (tertiary/aromatic N) is 4. The number of aromatic nitrogens is 3. The van der Waals surface area contributed by atoms with Crippen LogP contribution < -0.4 is 15.8 Å². The first-order valence-electron chi connectivity index (χ1n) is 10.1. The van der Waals surface area contributed by atoms with Crippen LogP contribution in [0.25, 0.3) is 0 Å². The molecule has 1 aliphatic heterocycles. The van der Waals surface area contributed by atoms with Crippen LogP contribution in [-0.2, 0) is 17.3 Å². The third-order valence-corrected chi connectivity index (χ3v) is 5.04. The van der Waals surface area contributed by atoms with E-state index in [-0.39, 0.29) is 17.9 Å². The molecule has 1 saturated heterocycles. The molecule has 0 spiro atoms. The highest BCUT2D eigenvalue weighted by atomic mass is 19.4. The number of carbonyl (C=O) groups is 2. The first-order valence-corrected chi connectivity index (χ1v) is 10.1. The maximum atomic E-state index is 12.9. The van der Waals surface area contributed by atoms with Gasteiger partial charge >= 0.3 is 12.3 Å². The predicted octanol–water partition coefficient (Wildman–Crippen LogP) is 1.43. The summed E-state index contributed by atoms with van der Waals surface area (Å²) in [7, 11) is 1.51. The van der Waals surface area contributed by atoms with Crippen molar-refractivity contribution in [3.8, 4) is 0 Å². The van der Waals surface area contributed by atoms with Crippen LogP contribution in [0, 0.1) is 0 Å². The Kier molecular flexibility index (Phi) is 7.19. The Bertz CT molecular complexity index is 1050. The molecular formula is C20H23F3N6O4. The highest BCUT2D eigenvalue weighted by Gasteiger charge is 2.34. The summed E-state index contributed by atoms with van der Waals surface area (Å²) < 4.78 is 44.1. The molecule has 1 atom stereocenters. The van der Waals surface area contributed by atoms with E-state index in [2.05, 4.69) is 20.3 Å². The van der Waals surface area contributed by atoms with Gasteiger partial charge in [0.15, 0.2) is 0 Å². The first-order chi connectivity index (χ1) is 15.6. The Morgan fingerprint density at radius 3 is 2.42 bits per heavy atom. The third-order valence-electron chi connectivity index (χ3n) is 5.04. The Morgan fingerprint density at radius 2 is 1.85 bits per heavy atom. The fraction of sp³-hybridized carbons (Fsp3) is 0.450. The quantitative estimate of drug-likeness (QED) is 0.681. The molecule has 2 amide bonds. The van der Waals surface area contributed by atoms with Gasteiger partial charge < -0.3 is 24.8 Å². The minimum absolute atomic E-state index is 0.0110. The lowest BCUT2D eigenvalue weighted by Gasteiger charge is -2.34. The average Bonchev–Trinajstić information content (AvgIpc) is 2.79. The minimum atomic E-state index is -4.77. The van der Waals surface area contributed by atoms with Crippen LogP contribution in [0.2, 0.25) is 0 Å². The molecule has 10 nitrogen and oxygen atoms in total. The molecule has 178 valence electrons. The molecule has 1 fully saturated rings. The van der Waals surface area contributed by atoms with Gasteiger partial charge in [-0.3, -0.25) is 9.59 Å². The number of amides is 2. The van der Waals surface area contributed by atoms with Crippen LogP contribution in [0.5, 0.6) is 0 Å². The summed E-state index contributed by atoms with van der Waals surface area (Å²) in [4.78, 5) is 49.2. The number of anilines is 1. The highest BCUT2D eigenvalue weighted by Crippen LogP contribution is 2.27. The molecular weight excluding hydrogens is 445 g/mol. The van der Waals surface area contributed by atoms with E-state index in [1.807, 2.05) is 4.90 Å². The number of halogens is 3. The lowest BCUT2D eigenvalue weighted by Crippen LogP contribution is -2.50. The zero-order valence-electron chi connectivity index (χ0n) is 18.0. The van der Waals surface area contributed by atoms with Crippen molar-refractivity contribution in [1.29, 1.82) is 0 Å². The van der Waals surface area contributed by atoms with E-state index in [0.717, 1.165) is 6.07 Å². The van der Waals surface area contributed by atoms with Crippen LogP contribution in [0.15, 0.2) is 29.5 Å². The zero-order chi connectivity index (χ0) is 24.2. The molecule has 0 saturated carbocycles. The summed E-state index contributed by atoms with van der Waals surface area (Å²) in [5.41, 5.74) is -1.98. The number of rotatable bonds is 5. The number of piperazine rings is 1. The Balaban J connectivity index is 1.52. The second-order valence-electron chi connectivity index (χ2n) is 7.47. The van der Waals surface area contributed by atoms with Crippen molar-refractivity contribution in [1.82, 2.24) is 25.2 Å². The van der Waals surface area contributed by atoms with E-state index in [1.165, 1.54) is 30.5 Å². The van der Waals surface area contributed by atoms with Gasteiger partial charge in [0, 0.05) is 58.2 Å². The molecule has 1 aliphatic rings. The molecule has 1 unspecified atom stereocenters.